The van der Waals surface area contributed by atoms with Crippen LogP contribution in [-0.4, -0.2) is 27.4 Å². The molecule has 6 heteroatoms. The lowest BCUT2D eigenvalue weighted by Gasteiger charge is -2.17. The second kappa shape index (κ2) is 17.1. The molecule has 0 N–H and O–H groups in total. The van der Waals surface area contributed by atoms with E-state index in [4.69, 9.17) is 0 Å². The summed E-state index contributed by atoms with van der Waals surface area (Å²) in [5.41, 5.74) is 20.6. The van der Waals surface area contributed by atoms with Gasteiger partial charge in [0, 0.05) is 81.7 Å². The van der Waals surface area contributed by atoms with Gasteiger partial charge in [0.1, 0.15) is 0 Å². The van der Waals surface area contributed by atoms with E-state index in [1.807, 2.05) is 0 Å². The summed E-state index contributed by atoms with van der Waals surface area (Å²) in [6, 6.07) is 108. The summed E-state index contributed by atoms with van der Waals surface area (Å²) in [4.78, 5) is 0. The Labute approximate surface area is 480 Å². The van der Waals surface area contributed by atoms with Crippen LogP contribution in [0.1, 0.15) is 0 Å². The Hall–Kier alpha value is -11.3. The molecule has 84 heavy (non-hydrogen) atoms. The molecule has 0 fully saturated rings. The summed E-state index contributed by atoms with van der Waals surface area (Å²) < 4.78 is 15.0. The van der Waals surface area contributed by atoms with Crippen molar-refractivity contribution in [2.45, 2.75) is 0 Å². The van der Waals surface area contributed by atoms with E-state index in [1.165, 1.54) is 109 Å². The fraction of sp³-hybridized carbons (Fsp3) is 0. The van der Waals surface area contributed by atoms with E-state index in [1.54, 1.807) is 0 Å². The molecule has 0 unspecified atom stereocenters. The van der Waals surface area contributed by atoms with Crippen LogP contribution in [0.2, 0.25) is 0 Å². The van der Waals surface area contributed by atoms with Gasteiger partial charge in [-0.05, 0) is 103 Å². The van der Waals surface area contributed by atoms with Crippen LogP contribution in [0, 0.1) is 0 Å². The molecule has 0 saturated heterocycles. The predicted molar refractivity (Wildman–Crippen MR) is 352 cm³/mol. The zero-order chi connectivity index (χ0) is 54.7. The topological polar surface area (TPSA) is 29.6 Å². The van der Waals surface area contributed by atoms with Crippen molar-refractivity contribution in [1.82, 2.24) is 27.4 Å². The third-order valence-electron chi connectivity index (χ3n) is 18.1. The largest absolute Gasteiger partial charge is 0.309 e. The van der Waals surface area contributed by atoms with Gasteiger partial charge in [0.15, 0.2) is 0 Å². The summed E-state index contributed by atoms with van der Waals surface area (Å²) in [6.45, 7) is 0. The summed E-state index contributed by atoms with van der Waals surface area (Å²) in [7, 11) is 0. The van der Waals surface area contributed by atoms with Crippen molar-refractivity contribution >= 4 is 131 Å². The molecule has 0 spiro atoms. The minimum Gasteiger partial charge on any atom is -0.309 e. The van der Waals surface area contributed by atoms with E-state index in [2.05, 4.69) is 319 Å². The Morgan fingerprint density at radius 2 is 0.405 bits per heavy atom. The zero-order valence-electron chi connectivity index (χ0n) is 45.4. The highest BCUT2D eigenvalue weighted by molar-refractivity contribution is 6.27. The summed E-state index contributed by atoms with van der Waals surface area (Å²) in [5.74, 6) is 0. The Morgan fingerprint density at radius 1 is 0.143 bits per heavy atom. The molecule has 0 amide bonds. The molecule has 19 aromatic rings. The van der Waals surface area contributed by atoms with E-state index in [9.17, 15) is 0 Å². The first kappa shape index (κ1) is 45.4. The third-order valence-corrected chi connectivity index (χ3v) is 18.1. The van der Waals surface area contributed by atoms with Crippen LogP contribution in [0.15, 0.2) is 291 Å². The van der Waals surface area contributed by atoms with E-state index in [-0.39, 0.29) is 0 Å². The smallest absolute Gasteiger partial charge is 0.0788 e. The molecule has 6 heterocycles. The lowest BCUT2D eigenvalue weighted by atomic mass is 10.1. The first-order valence-electron chi connectivity index (χ1n) is 28.9. The zero-order valence-corrected chi connectivity index (χ0v) is 45.4. The predicted octanol–water partition coefficient (Wildman–Crippen LogP) is 20.3. The molecule has 0 radical (unpaired) electrons. The number of benzene rings is 13. The average Bonchev–Trinajstić information content (AvgIpc) is 4.47. The van der Waals surface area contributed by atoms with Gasteiger partial charge in [-0.1, -0.05) is 188 Å². The molecule has 0 saturated carbocycles. The summed E-state index contributed by atoms with van der Waals surface area (Å²) in [6.07, 6.45) is 0. The van der Waals surface area contributed by atoms with Gasteiger partial charge >= 0.3 is 0 Å². The van der Waals surface area contributed by atoms with Gasteiger partial charge in [0.25, 0.3) is 0 Å². The minimum absolute atomic E-state index is 1.08. The fourth-order valence-electron chi connectivity index (χ4n) is 14.8. The van der Waals surface area contributed by atoms with E-state index < -0.39 is 0 Å². The van der Waals surface area contributed by atoms with Crippen molar-refractivity contribution in [2.75, 3.05) is 0 Å². The van der Waals surface area contributed by atoms with Crippen LogP contribution in [0.3, 0.4) is 0 Å². The van der Waals surface area contributed by atoms with Crippen LogP contribution in [0.25, 0.3) is 165 Å². The summed E-state index contributed by atoms with van der Waals surface area (Å²) >= 11 is 0. The Morgan fingerprint density at radius 3 is 0.821 bits per heavy atom. The minimum atomic E-state index is 1.08. The second-order valence-corrected chi connectivity index (χ2v) is 22.4. The molecule has 0 aliphatic carbocycles. The van der Waals surface area contributed by atoms with Gasteiger partial charge in [0.2, 0.25) is 0 Å². The number of rotatable bonds is 6. The molecular weight excluding hydrogens is 1020 g/mol. The maximum absolute atomic E-state index is 2.54. The molecule has 0 aliphatic rings. The van der Waals surface area contributed by atoms with Crippen molar-refractivity contribution in [3.63, 3.8) is 0 Å². The average molecular weight is 1070 g/mol. The lowest BCUT2D eigenvalue weighted by molar-refractivity contribution is 1.10. The maximum atomic E-state index is 2.54. The number of hydrogen-bond donors (Lipinski definition) is 0. The molecule has 390 valence electrons. The third kappa shape index (κ3) is 6.12. The standard InChI is InChI=1S/C78H48N6/c1-2-21-49(22-3-1)82-70-37-16-9-30-60(70)63-41-42-64-61-31-10-18-39-72(61)84(78(64)77(63)82)51-24-20-23-50(45-51)83-71-38-17-8-29-59(71)62-43-44-74-75(76(62)83)65-32-11-19-40-73(65)81(74)54-47-52(79-66-33-12-4-25-55(66)56-26-5-13-34-67(56)79)46-53(48-54)80-68-35-14-6-27-57(68)58-28-7-15-36-69(58)80/h1-48H. The Bertz CT molecular complexity index is 5750. The van der Waals surface area contributed by atoms with Crippen LogP contribution in [0.5, 0.6) is 0 Å². The highest BCUT2D eigenvalue weighted by Gasteiger charge is 2.26. The molecule has 0 atom stereocenters. The van der Waals surface area contributed by atoms with Gasteiger partial charge in [-0.2, -0.15) is 0 Å². The number of para-hydroxylation sites is 9. The van der Waals surface area contributed by atoms with Crippen molar-refractivity contribution < 1.29 is 0 Å². The van der Waals surface area contributed by atoms with Crippen LogP contribution >= 0.6 is 0 Å². The molecular formula is C78H48N6. The van der Waals surface area contributed by atoms with E-state index >= 15 is 0 Å². The SMILES string of the molecule is c1ccc(-n2c3ccccc3c3ccc4c5ccccc5n(-c5cccc(-n6c7ccccc7c7ccc8c(c9ccccc9n8-c8cc(-n9c%10ccccc%10c%10ccccc%109)cc(-n9c%10ccccc%10c%10ccccc%109)c8)c76)c5)c4c32)cc1. The Kier molecular flexibility index (Phi) is 9.24. The molecule has 19 rings (SSSR count). The Balaban J connectivity index is 0.902. The normalized spacial score (nSPS) is 12.3. The van der Waals surface area contributed by atoms with Gasteiger partial charge in [0.05, 0.1) is 83.3 Å². The quantitative estimate of drug-likeness (QED) is 0.159. The lowest BCUT2D eigenvalue weighted by Crippen LogP contribution is -2.03. The number of aromatic nitrogens is 6. The molecule has 6 nitrogen and oxygen atoms in total. The monoisotopic (exact) mass is 1070 g/mol. The highest BCUT2D eigenvalue weighted by atomic mass is 15.1. The molecule has 0 bridgehead atoms. The van der Waals surface area contributed by atoms with Crippen LogP contribution in [0.4, 0.5) is 0 Å². The van der Waals surface area contributed by atoms with Crippen molar-refractivity contribution in [1.29, 1.82) is 0 Å². The van der Waals surface area contributed by atoms with Crippen LogP contribution < -0.4 is 0 Å². The fourth-order valence-corrected chi connectivity index (χ4v) is 14.8. The molecule has 13 aromatic carbocycles. The van der Waals surface area contributed by atoms with Gasteiger partial charge in [-0.15, -0.1) is 0 Å². The molecule has 6 aromatic heterocycles. The van der Waals surface area contributed by atoms with Crippen LogP contribution in [-0.2, 0) is 0 Å². The van der Waals surface area contributed by atoms with E-state index in [0.29, 0.717) is 0 Å². The first-order valence-corrected chi connectivity index (χ1v) is 28.9. The van der Waals surface area contributed by atoms with Crippen molar-refractivity contribution in [3.8, 4) is 34.1 Å². The number of nitrogens with zero attached hydrogens (tertiary/aromatic N) is 6. The second-order valence-electron chi connectivity index (χ2n) is 22.4. The first-order chi connectivity index (χ1) is 41.7. The summed E-state index contributed by atoms with van der Waals surface area (Å²) in [5, 5.41) is 14.7. The molecule has 0 aliphatic heterocycles. The van der Waals surface area contributed by atoms with Gasteiger partial charge in [-0.25, -0.2) is 0 Å². The maximum Gasteiger partial charge on any atom is 0.0788 e. The van der Waals surface area contributed by atoms with E-state index in [0.717, 1.165) is 56.2 Å². The number of hydrogen-bond acceptors (Lipinski definition) is 0. The number of fused-ring (bicyclic) bond motifs is 20. The van der Waals surface area contributed by atoms with Crippen molar-refractivity contribution in [3.05, 3.63) is 291 Å². The highest BCUT2D eigenvalue weighted by Crippen LogP contribution is 2.46. The van der Waals surface area contributed by atoms with Gasteiger partial charge < -0.3 is 27.4 Å². The van der Waals surface area contributed by atoms with Crippen molar-refractivity contribution in [2.24, 2.45) is 0 Å². The van der Waals surface area contributed by atoms with Gasteiger partial charge in [-0.3, -0.25) is 0 Å².